The van der Waals surface area contributed by atoms with Crippen LogP contribution < -0.4 is 4.72 Å². The molecule has 0 aromatic heterocycles. The van der Waals surface area contributed by atoms with Gasteiger partial charge in [0.2, 0.25) is 10.0 Å². The molecule has 1 unspecified atom stereocenters. The van der Waals surface area contributed by atoms with Gasteiger partial charge in [-0.1, -0.05) is 56.3 Å². The van der Waals surface area contributed by atoms with E-state index in [-0.39, 0.29) is 39.5 Å². The Kier molecular flexibility index (Phi) is 7.91. The molecule has 1 N–H and O–H groups in total. The lowest BCUT2D eigenvalue weighted by atomic mass is 9.92. The van der Waals surface area contributed by atoms with Gasteiger partial charge in [-0.3, -0.25) is 9.36 Å². The van der Waals surface area contributed by atoms with Crippen LogP contribution in [0, 0.1) is 0 Å². The zero-order valence-electron chi connectivity index (χ0n) is 17.8. The first-order chi connectivity index (χ1) is 15.2. The number of ketones is 1. The van der Waals surface area contributed by atoms with Crippen molar-refractivity contribution in [2.75, 3.05) is 13.2 Å². The van der Waals surface area contributed by atoms with Gasteiger partial charge < -0.3 is 9.05 Å². The van der Waals surface area contributed by atoms with Gasteiger partial charge in [-0.15, -0.1) is 0 Å². The maximum absolute atomic E-state index is 14.4. The first kappa shape index (κ1) is 25.0. The zero-order chi connectivity index (χ0) is 23.4. The normalized spacial score (nSPS) is 18.8. The molecule has 2 aromatic carbocycles. The third-order valence-electron chi connectivity index (χ3n) is 4.84. The summed E-state index contributed by atoms with van der Waals surface area (Å²) < 4.78 is 55.4. The summed E-state index contributed by atoms with van der Waals surface area (Å²) in [5.41, 5.74) is 0.418. The van der Waals surface area contributed by atoms with Gasteiger partial charge in [0, 0.05) is 11.1 Å². The van der Waals surface area contributed by atoms with Crippen LogP contribution >= 0.6 is 23.5 Å². The second kappa shape index (κ2) is 10.1. The second-order valence-electron chi connectivity index (χ2n) is 7.22. The van der Waals surface area contributed by atoms with Gasteiger partial charge in [-0.05, 0) is 47.0 Å². The van der Waals surface area contributed by atoms with Crippen LogP contribution in [0.3, 0.4) is 0 Å². The standard InChI is InChI=1S/C22H25BrNO6PS/c1-3-14-29-31(26,30-15-4-2)22(24-32(27,28)17-10-6-5-7-11-17)16-20(23)21(25)18-12-8-9-13-19(18)22/h5-13,16,24H,3-4,14-15H2,1-2H3. The Morgan fingerprint density at radius 1 is 0.969 bits per heavy atom. The van der Waals surface area contributed by atoms with Crippen molar-refractivity contribution in [3.63, 3.8) is 0 Å². The number of halogens is 1. The summed E-state index contributed by atoms with van der Waals surface area (Å²) in [6.45, 7) is 3.85. The van der Waals surface area contributed by atoms with Crippen molar-refractivity contribution in [1.29, 1.82) is 0 Å². The molecule has 0 saturated heterocycles. The second-order valence-corrected chi connectivity index (χ2v) is 12.0. The van der Waals surface area contributed by atoms with E-state index in [2.05, 4.69) is 20.7 Å². The molecule has 0 aliphatic heterocycles. The van der Waals surface area contributed by atoms with E-state index in [4.69, 9.17) is 9.05 Å². The number of sulfonamides is 1. The van der Waals surface area contributed by atoms with E-state index in [1.54, 1.807) is 42.5 Å². The summed E-state index contributed by atoms with van der Waals surface area (Å²) in [5.74, 6) is -0.354. The van der Waals surface area contributed by atoms with Crippen LogP contribution in [0.1, 0.15) is 42.6 Å². The van der Waals surface area contributed by atoms with Gasteiger partial charge in [0.1, 0.15) is 0 Å². The van der Waals surface area contributed by atoms with Crippen molar-refractivity contribution in [3.05, 3.63) is 76.3 Å². The maximum atomic E-state index is 14.4. The van der Waals surface area contributed by atoms with Crippen LogP contribution in [0.2, 0.25) is 0 Å². The third-order valence-corrected chi connectivity index (χ3v) is 9.46. The van der Waals surface area contributed by atoms with Crippen LogP contribution in [-0.4, -0.2) is 27.4 Å². The number of rotatable bonds is 10. The van der Waals surface area contributed by atoms with Gasteiger partial charge in [0.15, 0.2) is 11.1 Å². The van der Waals surface area contributed by atoms with Crippen LogP contribution in [0.5, 0.6) is 0 Å². The zero-order valence-corrected chi connectivity index (χ0v) is 21.1. The van der Waals surface area contributed by atoms with E-state index in [9.17, 15) is 17.8 Å². The Balaban J connectivity index is 2.31. The molecular formula is C22H25BrNO6PS. The largest absolute Gasteiger partial charge is 0.360 e. The van der Waals surface area contributed by atoms with Crippen LogP contribution in [0.25, 0.3) is 0 Å². The molecule has 1 aliphatic carbocycles. The van der Waals surface area contributed by atoms with Crippen LogP contribution in [0.15, 0.2) is 70.1 Å². The van der Waals surface area contributed by atoms with Crippen LogP contribution in [-0.2, 0) is 28.9 Å². The highest BCUT2D eigenvalue weighted by Gasteiger charge is 2.57. The first-order valence-electron chi connectivity index (χ1n) is 10.2. The average Bonchev–Trinajstić information content (AvgIpc) is 2.80. The molecule has 0 saturated carbocycles. The first-order valence-corrected chi connectivity index (χ1v) is 14.0. The maximum Gasteiger partial charge on any atom is 0.360 e. The minimum Gasteiger partial charge on any atom is -0.307 e. The van der Waals surface area contributed by atoms with Gasteiger partial charge in [0.05, 0.1) is 22.6 Å². The molecule has 0 amide bonds. The summed E-state index contributed by atoms with van der Waals surface area (Å²) in [5, 5.41) is -1.95. The Morgan fingerprint density at radius 2 is 1.53 bits per heavy atom. The van der Waals surface area contributed by atoms with Crippen molar-refractivity contribution in [2.24, 2.45) is 0 Å². The number of hydrogen-bond acceptors (Lipinski definition) is 6. The summed E-state index contributed by atoms with van der Waals surface area (Å²) in [7, 11) is -8.41. The van der Waals surface area contributed by atoms with E-state index >= 15 is 0 Å². The smallest absolute Gasteiger partial charge is 0.307 e. The predicted molar refractivity (Wildman–Crippen MR) is 126 cm³/mol. The minimum absolute atomic E-state index is 0.0178. The molecule has 32 heavy (non-hydrogen) atoms. The van der Waals surface area contributed by atoms with Crippen molar-refractivity contribution in [2.45, 2.75) is 36.9 Å². The van der Waals surface area contributed by atoms with Gasteiger partial charge >= 0.3 is 7.60 Å². The third kappa shape index (κ3) is 4.69. The number of Topliss-reactive ketones (excluding diaryl/α,β-unsaturated/α-hetero) is 1. The molecule has 7 nitrogen and oxygen atoms in total. The molecular weight excluding hydrogens is 517 g/mol. The number of carbonyl (C=O) groups is 1. The lowest BCUT2D eigenvalue weighted by Gasteiger charge is -2.40. The lowest BCUT2D eigenvalue weighted by molar-refractivity contribution is 0.103. The van der Waals surface area contributed by atoms with Crippen molar-refractivity contribution in [1.82, 2.24) is 4.72 Å². The quantitative estimate of drug-likeness (QED) is 0.407. The molecule has 10 heteroatoms. The van der Waals surface area contributed by atoms with E-state index in [0.29, 0.717) is 12.8 Å². The molecule has 1 aliphatic rings. The summed E-state index contributed by atoms with van der Waals surface area (Å²) in [4.78, 5) is 12.8. The van der Waals surface area contributed by atoms with Gasteiger partial charge in [0.25, 0.3) is 0 Å². The molecule has 1 atom stereocenters. The van der Waals surface area contributed by atoms with E-state index in [0.717, 1.165) is 0 Å². The fourth-order valence-corrected chi connectivity index (χ4v) is 8.22. The monoisotopic (exact) mass is 541 g/mol. The summed E-state index contributed by atoms with van der Waals surface area (Å²) in [6.07, 6.45) is 2.36. The average molecular weight is 542 g/mol. The fourth-order valence-electron chi connectivity index (χ4n) is 3.36. The summed E-state index contributed by atoms with van der Waals surface area (Å²) in [6, 6.07) is 14.2. The highest BCUT2D eigenvalue weighted by molar-refractivity contribution is 9.12. The molecule has 0 spiro atoms. The molecule has 0 fully saturated rings. The Bertz CT molecular complexity index is 1160. The number of benzene rings is 2. The number of nitrogens with one attached hydrogen (secondary N) is 1. The number of hydrogen-bond donors (Lipinski definition) is 1. The van der Waals surface area contributed by atoms with E-state index in [1.807, 2.05) is 13.8 Å². The number of carbonyl (C=O) groups excluding carboxylic acids is 1. The minimum atomic E-state index is -4.22. The Morgan fingerprint density at radius 3 is 2.12 bits per heavy atom. The van der Waals surface area contributed by atoms with Gasteiger partial charge in [-0.2, -0.15) is 4.72 Å². The van der Waals surface area contributed by atoms with Crippen molar-refractivity contribution >= 4 is 39.3 Å². The predicted octanol–water partition coefficient (Wildman–Crippen LogP) is 5.34. The topological polar surface area (TPSA) is 98.8 Å². The Labute approximate surface area is 196 Å². The molecule has 3 rings (SSSR count). The van der Waals surface area contributed by atoms with Crippen LogP contribution in [0.4, 0.5) is 0 Å². The highest BCUT2D eigenvalue weighted by atomic mass is 79.9. The molecule has 172 valence electrons. The number of allylic oxidation sites excluding steroid dienone is 1. The highest BCUT2D eigenvalue weighted by Crippen LogP contribution is 2.66. The van der Waals surface area contributed by atoms with Crippen molar-refractivity contribution < 1.29 is 26.8 Å². The molecule has 0 heterocycles. The molecule has 0 radical (unpaired) electrons. The van der Waals surface area contributed by atoms with Crippen molar-refractivity contribution in [3.8, 4) is 0 Å². The fraction of sp³-hybridized carbons (Fsp3) is 0.318. The Hall–Kier alpha value is -1.61. The van der Waals surface area contributed by atoms with Gasteiger partial charge in [-0.25, -0.2) is 8.42 Å². The van der Waals surface area contributed by atoms with E-state index in [1.165, 1.54) is 18.2 Å². The number of fused-ring (bicyclic) bond motifs is 1. The summed E-state index contributed by atoms with van der Waals surface area (Å²) >= 11 is 3.24. The molecule has 2 aromatic rings. The van der Waals surface area contributed by atoms with E-state index < -0.39 is 22.9 Å². The SMILES string of the molecule is CCCOP(=O)(OCCC)C1(NS(=O)(=O)c2ccccc2)C=C(Br)C(=O)c2ccccc21. The molecule has 0 bridgehead atoms. The lowest BCUT2D eigenvalue weighted by Crippen LogP contribution is -2.47.